The van der Waals surface area contributed by atoms with Crippen LogP contribution in [0, 0.1) is 17.8 Å². The van der Waals surface area contributed by atoms with E-state index in [0.29, 0.717) is 17.2 Å². The maximum atomic E-state index is 12.6. The quantitative estimate of drug-likeness (QED) is 0.657. The number of ether oxygens (including phenoxy) is 1. The van der Waals surface area contributed by atoms with Crippen molar-refractivity contribution in [3.63, 3.8) is 0 Å². The molecule has 0 aromatic heterocycles. The molecule has 7 heteroatoms. The van der Waals surface area contributed by atoms with Crippen molar-refractivity contribution >= 4 is 39.8 Å². The molecule has 29 heavy (non-hydrogen) atoms. The van der Waals surface area contributed by atoms with Crippen LogP contribution in [0.25, 0.3) is 0 Å². The fourth-order valence-electron chi connectivity index (χ4n) is 4.91. The van der Waals surface area contributed by atoms with Crippen LogP contribution in [0.4, 0.5) is 0 Å². The van der Waals surface area contributed by atoms with Crippen LogP contribution in [0.5, 0.6) is 0 Å². The number of carbonyl (C=O) groups excluding carboxylic acids is 2. The Morgan fingerprint density at radius 2 is 2.17 bits per heavy atom. The number of hydrogen-bond acceptors (Lipinski definition) is 6. The Morgan fingerprint density at radius 3 is 2.90 bits per heavy atom. The van der Waals surface area contributed by atoms with Crippen molar-refractivity contribution in [1.29, 1.82) is 0 Å². The van der Waals surface area contributed by atoms with Gasteiger partial charge in [0.2, 0.25) is 0 Å². The summed E-state index contributed by atoms with van der Waals surface area (Å²) in [6.07, 6.45) is 5.19. The van der Waals surface area contributed by atoms with Gasteiger partial charge in [-0.1, -0.05) is 48.1 Å². The van der Waals surface area contributed by atoms with E-state index in [1.165, 1.54) is 25.7 Å². The lowest BCUT2D eigenvalue weighted by Gasteiger charge is -2.28. The number of carbonyl (C=O) groups is 2. The molecule has 2 saturated carbocycles. The number of benzene rings is 1. The standard InChI is InChI=1S/C22H28N2O3S2/c1-14(19-11-15-6-7-16(19)10-15)24-20(25)12-27-21(26)18-5-3-2-4-17(18)13-29-22-23-8-9-28-22/h2-5,14-16,19H,6-13H2,1H3,(H,24,25). The highest BCUT2D eigenvalue weighted by atomic mass is 32.2. The molecule has 1 aromatic rings. The fraction of sp³-hybridized carbons (Fsp3) is 0.591. The Morgan fingerprint density at radius 1 is 1.31 bits per heavy atom. The fourth-order valence-corrected chi connectivity index (χ4v) is 6.92. The van der Waals surface area contributed by atoms with Crippen LogP contribution in [-0.4, -0.2) is 41.2 Å². The number of esters is 1. The third-order valence-electron chi connectivity index (χ3n) is 6.30. The summed E-state index contributed by atoms with van der Waals surface area (Å²) in [5.74, 6) is 3.23. The van der Waals surface area contributed by atoms with Crippen LogP contribution < -0.4 is 5.32 Å². The summed E-state index contributed by atoms with van der Waals surface area (Å²) in [6.45, 7) is 2.72. The van der Waals surface area contributed by atoms with E-state index in [1.807, 2.05) is 18.2 Å². The van der Waals surface area contributed by atoms with Crippen LogP contribution in [-0.2, 0) is 15.3 Å². The van der Waals surface area contributed by atoms with E-state index in [2.05, 4.69) is 17.2 Å². The predicted molar refractivity (Wildman–Crippen MR) is 119 cm³/mol. The Labute approximate surface area is 180 Å². The van der Waals surface area contributed by atoms with E-state index >= 15 is 0 Å². The largest absolute Gasteiger partial charge is 0.452 e. The van der Waals surface area contributed by atoms with Crippen molar-refractivity contribution in [3.8, 4) is 0 Å². The van der Waals surface area contributed by atoms with Gasteiger partial charge in [-0.15, -0.1) is 0 Å². The van der Waals surface area contributed by atoms with Gasteiger partial charge in [0.25, 0.3) is 5.91 Å². The predicted octanol–water partition coefficient (Wildman–Crippen LogP) is 4.12. The van der Waals surface area contributed by atoms with E-state index in [9.17, 15) is 9.59 Å². The highest BCUT2D eigenvalue weighted by Gasteiger charge is 2.42. The first-order valence-electron chi connectivity index (χ1n) is 10.4. The van der Waals surface area contributed by atoms with Crippen LogP contribution in [0.1, 0.15) is 48.5 Å². The maximum Gasteiger partial charge on any atom is 0.338 e. The molecular weight excluding hydrogens is 404 g/mol. The number of aliphatic imine (C=N–C) groups is 1. The van der Waals surface area contributed by atoms with E-state index in [1.54, 1.807) is 29.6 Å². The van der Waals surface area contributed by atoms with Crippen molar-refractivity contribution in [3.05, 3.63) is 35.4 Å². The summed E-state index contributed by atoms with van der Waals surface area (Å²) in [5.41, 5.74) is 1.44. The van der Waals surface area contributed by atoms with Crippen molar-refractivity contribution in [2.75, 3.05) is 18.9 Å². The first kappa shape index (κ1) is 20.8. The number of thioether (sulfide) groups is 2. The number of nitrogens with zero attached hydrogens (tertiary/aromatic N) is 1. The van der Waals surface area contributed by atoms with Gasteiger partial charge in [-0.25, -0.2) is 4.79 Å². The number of nitrogens with one attached hydrogen (secondary N) is 1. The third kappa shape index (κ3) is 5.18. The molecule has 1 amide bonds. The third-order valence-corrected chi connectivity index (χ3v) is 8.61. The van der Waals surface area contributed by atoms with Crippen LogP contribution >= 0.6 is 23.5 Å². The van der Waals surface area contributed by atoms with Crippen molar-refractivity contribution < 1.29 is 14.3 Å². The number of amides is 1. The van der Waals surface area contributed by atoms with Gasteiger partial charge in [-0.2, -0.15) is 0 Å². The van der Waals surface area contributed by atoms with Gasteiger partial charge in [-0.3, -0.25) is 9.79 Å². The second-order valence-electron chi connectivity index (χ2n) is 8.21. The zero-order valence-corrected chi connectivity index (χ0v) is 18.4. The Kier molecular flexibility index (Phi) is 6.85. The number of rotatable bonds is 7. The Hall–Kier alpha value is -1.47. The zero-order valence-electron chi connectivity index (χ0n) is 16.8. The van der Waals surface area contributed by atoms with Gasteiger partial charge in [-0.05, 0) is 55.6 Å². The molecule has 1 aliphatic heterocycles. The summed E-state index contributed by atoms with van der Waals surface area (Å²) in [7, 11) is 0. The average molecular weight is 433 g/mol. The molecular formula is C22H28N2O3S2. The van der Waals surface area contributed by atoms with Gasteiger partial charge in [0.15, 0.2) is 6.61 Å². The highest BCUT2D eigenvalue weighted by molar-refractivity contribution is 8.38. The normalized spacial score (nSPS) is 26.2. The lowest BCUT2D eigenvalue weighted by atomic mass is 9.84. The molecule has 0 spiro atoms. The first-order chi connectivity index (χ1) is 14.1. The van der Waals surface area contributed by atoms with E-state index < -0.39 is 5.97 Å². The minimum Gasteiger partial charge on any atom is -0.452 e. The molecule has 4 unspecified atom stereocenters. The number of hydrogen-bond donors (Lipinski definition) is 1. The van der Waals surface area contributed by atoms with Crippen molar-refractivity contribution in [2.45, 2.75) is 44.4 Å². The maximum absolute atomic E-state index is 12.6. The lowest BCUT2D eigenvalue weighted by molar-refractivity contribution is -0.125. The van der Waals surface area contributed by atoms with E-state index in [4.69, 9.17) is 4.74 Å². The van der Waals surface area contributed by atoms with E-state index in [0.717, 1.165) is 34.1 Å². The molecule has 2 bridgehead atoms. The van der Waals surface area contributed by atoms with Crippen LogP contribution in [0.3, 0.4) is 0 Å². The summed E-state index contributed by atoms with van der Waals surface area (Å²) >= 11 is 3.40. The van der Waals surface area contributed by atoms with Gasteiger partial charge in [0, 0.05) is 17.5 Å². The molecule has 2 fully saturated rings. The minimum atomic E-state index is -0.440. The van der Waals surface area contributed by atoms with Gasteiger partial charge in [0.1, 0.15) is 4.38 Å². The molecule has 0 radical (unpaired) electrons. The van der Waals surface area contributed by atoms with Gasteiger partial charge >= 0.3 is 5.97 Å². The highest BCUT2D eigenvalue weighted by Crippen LogP contribution is 2.49. The Bertz CT molecular complexity index is 798. The molecule has 5 nitrogen and oxygen atoms in total. The minimum absolute atomic E-state index is 0.143. The summed E-state index contributed by atoms with van der Waals surface area (Å²) in [5, 5.41) is 3.05. The second-order valence-corrected chi connectivity index (χ2v) is 10.5. The molecule has 4 atom stereocenters. The van der Waals surface area contributed by atoms with Gasteiger partial charge < -0.3 is 10.1 Å². The second kappa shape index (κ2) is 9.56. The molecule has 0 saturated heterocycles. The lowest BCUT2D eigenvalue weighted by Crippen LogP contribution is -2.42. The topological polar surface area (TPSA) is 67.8 Å². The molecule has 1 aromatic carbocycles. The molecule has 1 heterocycles. The summed E-state index contributed by atoms with van der Waals surface area (Å²) < 4.78 is 6.40. The average Bonchev–Trinajstić information content (AvgIpc) is 3.49. The van der Waals surface area contributed by atoms with Crippen LogP contribution in [0.15, 0.2) is 29.3 Å². The number of fused-ring (bicyclic) bond motifs is 2. The van der Waals surface area contributed by atoms with Crippen molar-refractivity contribution in [2.24, 2.45) is 22.7 Å². The van der Waals surface area contributed by atoms with Crippen LogP contribution in [0.2, 0.25) is 0 Å². The molecule has 3 aliphatic rings. The van der Waals surface area contributed by atoms with Gasteiger partial charge in [0.05, 0.1) is 12.1 Å². The summed E-state index contributed by atoms with van der Waals surface area (Å²) in [4.78, 5) is 29.3. The zero-order chi connectivity index (χ0) is 20.2. The monoisotopic (exact) mass is 432 g/mol. The van der Waals surface area contributed by atoms with E-state index in [-0.39, 0.29) is 18.6 Å². The summed E-state index contributed by atoms with van der Waals surface area (Å²) in [6, 6.07) is 7.58. The molecule has 4 rings (SSSR count). The molecule has 1 N–H and O–H groups in total. The molecule has 2 aliphatic carbocycles. The van der Waals surface area contributed by atoms with Crippen molar-refractivity contribution in [1.82, 2.24) is 5.32 Å². The SMILES string of the molecule is CC(NC(=O)COC(=O)c1ccccc1CSC1=NCCS1)C1CC2CCC1C2. The Balaban J connectivity index is 1.26. The smallest absolute Gasteiger partial charge is 0.338 e. The molecule has 156 valence electrons. The first-order valence-corrected chi connectivity index (χ1v) is 12.4.